The Balaban J connectivity index is 2.52. The van der Waals surface area contributed by atoms with E-state index in [4.69, 9.17) is 5.73 Å². The maximum absolute atomic E-state index is 12.2. The van der Waals surface area contributed by atoms with Crippen molar-refractivity contribution in [2.45, 2.75) is 38.4 Å². The summed E-state index contributed by atoms with van der Waals surface area (Å²) in [6.07, 6.45) is -4.27. The summed E-state index contributed by atoms with van der Waals surface area (Å²) in [4.78, 5) is 0. The lowest BCUT2D eigenvalue weighted by atomic mass is 9.99. The van der Waals surface area contributed by atoms with Crippen LogP contribution >= 0.6 is 0 Å². The van der Waals surface area contributed by atoms with Crippen molar-refractivity contribution in [3.05, 3.63) is 0 Å². The van der Waals surface area contributed by atoms with E-state index in [0.29, 0.717) is 38.4 Å². The normalized spacial score (nSPS) is 21.5. The zero-order valence-electron chi connectivity index (χ0n) is 10.8. The molecule has 0 aromatic heterocycles. The van der Waals surface area contributed by atoms with Crippen LogP contribution in [0, 0.1) is 5.92 Å². The van der Waals surface area contributed by atoms with Crippen molar-refractivity contribution in [2.24, 2.45) is 11.7 Å². The smallest absolute Gasteiger partial charge is 0.330 e. The number of rotatable bonds is 5. The van der Waals surface area contributed by atoms with E-state index < -0.39 is 28.8 Å². The van der Waals surface area contributed by atoms with E-state index in [1.807, 2.05) is 0 Å². The standard InChI is InChI=1S/C10H20F3N3O2S/c1-8(6-10(11,12)13)15-19(17,18)16-4-2-9(7-14)3-5-16/h8-9,15H,2-7,14H2,1H3. The third-order valence-corrected chi connectivity index (χ3v) is 4.88. The first-order valence-corrected chi connectivity index (χ1v) is 7.62. The highest BCUT2D eigenvalue weighted by molar-refractivity contribution is 7.87. The average Bonchev–Trinajstić information content (AvgIpc) is 2.25. The van der Waals surface area contributed by atoms with E-state index in [1.165, 1.54) is 11.2 Å². The molecule has 5 nitrogen and oxygen atoms in total. The first kappa shape index (κ1) is 16.7. The monoisotopic (exact) mass is 303 g/mol. The Hall–Kier alpha value is -0.380. The summed E-state index contributed by atoms with van der Waals surface area (Å²) in [5.74, 6) is 0.291. The van der Waals surface area contributed by atoms with Crippen LogP contribution in [0.1, 0.15) is 26.2 Å². The number of hydrogen-bond acceptors (Lipinski definition) is 3. The van der Waals surface area contributed by atoms with E-state index >= 15 is 0 Å². The molecule has 3 N–H and O–H groups in total. The van der Waals surface area contributed by atoms with Crippen molar-refractivity contribution in [3.63, 3.8) is 0 Å². The molecule has 0 aliphatic carbocycles. The maximum Gasteiger partial charge on any atom is 0.390 e. The van der Waals surface area contributed by atoms with Crippen LogP contribution in [0.4, 0.5) is 13.2 Å². The van der Waals surface area contributed by atoms with Gasteiger partial charge in [-0.1, -0.05) is 0 Å². The van der Waals surface area contributed by atoms with Gasteiger partial charge in [-0.05, 0) is 32.2 Å². The molecule has 0 amide bonds. The Bertz CT molecular complexity index is 378. The fourth-order valence-corrected chi connectivity index (χ4v) is 3.54. The summed E-state index contributed by atoms with van der Waals surface area (Å²) in [6, 6.07) is -1.17. The molecule has 0 aromatic rings. The van der Waals surface area contributed by atoms with Gasteiger partial charge in [0, 0.05) is 19.1 Å². The third kappa shape index (κ3) is 5.64. The Kier molecular flexibility index (Phi) is 5.60. The maximum atomic E-state index is 12.2. The molecule has 1 rings (SSSR count). The zero-order valence-corrected chi connectivity index (χ0v) is 11.6. The fourth-order valence-electron chi connectivity index (χ4n) is 2.10. The van der Waals surface area contributed by atoms with Gasteiger partial charge in [-0.3, -0.25) is 0 Å². The summed E-state index contributed by atoms with van der Waals surface area (Å²) in [5, 5.41) is 0. The molecule has 0 saturated carbocycles. The van der Waals surface area contributed by atoms with Crippen molar-refractivity contribution in [2.75, 3.05) is 19.6 Å². The van der Waals surface area contributed by atoms with E-state index in [-0.39, 0.29) is 0 Å². The number of nitrogens with two attached hydrogens (primary N) is 1. The molecule has 0 bridgehead atoms. The lowest BCUT2D eigenvalue weighted by Crippen LogP contribution is -2.48. The Labute approximate surface area is 111 Å². The van der Waals surface area contributed by atoms with Gasteiger partial charge in [0.15, 0.2) is 0 Å². The molecule has 1 fully saturated rings. The van der Waals surface area contributed by atoms with Crippen LogP contribution in [-0.2, 0) is 10.2 Å². The van der Waals surface area contributed by atoms with Crippen LogP contribution in [0.3, 0.4) is 0 Å². The summed E-state index contributed by atoms with van der Waals surface area (Å²) < 4.78 is 63.5. The van der Waals surface area contributed by atoms with Crippen LogP contribution in [0.25, 0.3) is 0 Å². The van der Waals surface area contributed by atoms with Crippen molar-refractivity contribution >= 4 is 10.2 Å². The van der Waals surface area contributed by atoms with Crippen LogP contribution in [0.2, 0.25) is 0 Å². The predicted octanol–water partition coefficient (Wildman–Crippen LogP) is 0.832. The highest BCUT2D eigenvalue weighted by Gasteiger charge is 2.34. The van der Waals surface area contributed by atoms with E-state index in [2.05, 4.69) is 4.72 Å². The SMILES string of the molecule is CC(CC(F)(F)F)NS(=O)(=O)N1CCC(CN)CC1. The molecular formula is C10H20F3N3O2S. The summed E-state index contributed by atoms with van der Waals surface area (Å²) in [5.41, 5.74) is 5.50. The van der Waals surface area contributed by atoms with Gasteiger partial charge >= 0.3 is 6.18 Å². The minimum absolute atomic E-state index is 0.291. The van der Waals surface area contributed by atoms with Gasteiger partial charge in [0.2, 0.25) is 0 Å². The van der Waals surface area contributed by atoms with E-state index in [9.17, 15) is 21.6 Å². The minimum atomic E-state index is -4.38. The molecule has 114 valence electrons. The highest BCUT2D eigenvalue weighted by Crippen LogP contribution is 2.23. The second-order valence-electron chi connectivity index (χ2n) is 4.92. The lowest BCUT2D eigenvalue weighted by Gasteiger charge is -2.31. The van der Waals surface area contributed by atoms with Crippen LogP contribution in [-0.4, -0.2) is 44.6 Å². The number of piperidine rings is 1. The van der Waals surface area contributed by atoms with Crippen LogP contribution < -0.4 is 10.5 Å². The molecule has 1 aliphatic rings. The van der Waals surface area contributed by atoms with E-state index in [1.54, 1.807) is 0 Å². The topological polar surface area (TPSA) is 75.4 Å². The molecule has 1 atom stereocenters. The van der Waals surface area contributed by atoms with Crippen molar-refractivity contribution in [3.8, 4) is 0 Å². The Morgan fingerprint density at radius 1 is 1.37 bits per heavy atom. The van der Waals surface area contributed by atoms with Crippen molar-refractivity contribution < 1.29 is 21.6 Å². The number of nitrogens with zero attached hydrogens (tertiary/aromatic N) is 1. The first-order valence-electron chi connectivity index (χ1n) is 6.18. The zero-order chi connectivity index (χ0) is 14.7. The molecule has 0 radical (unpaired) electrons. The van der Waals surface area contributed by atoms with Crippen molar-refractivity contribution in [1.29, 1.82) is 0 Å². The van der Waals surface area contributed by atoms with Crippen LogP contribution in [0.15, 0.2) is 0 Å². The lowest BCUT2D eigenvalue weighted by molar-refractivity contribution is -0.138. The molecule has 1 heterocycles. The minimum Gasteiger partial charge on any atom is -0.330 e. The number of hydrogen-bond donors (Lipinski definition) is 2. The molecule has 1 unspecified atom stereocenters. The van der Waals surface area contributed by atoms with Gasteiger partial charge in [0.1, 0.15) is 0 Å². The Morgan fingerprint density at radius 2 is 1.89 bits per heavy atom. The van der Waals surface area contributed by atoms with Crippen molar-refractivity contribution in [1.82, 2.24) is 9.03 Å². The number of halogens is 3. The summed E-state index contributed by atoms with van der Waals surface area (Å²) >= 11 is 0. The number of alkyl halides is 3. The van der Waals surface area contributed by atoms with Crippen LogP contribution in [0.5, 0.6) is 0 Å². The quantitative estimate of drug-likeness (QED) is 0.790. The summed E-state index contributed by atoms with van der Waals surface area (Å²) in [6.45, 7) is 2.31. The molecular weight excluding hydrogens is 283 g/mol. The van der Waals surface area contributed by atoms with Gasteiger partial charge in [0.25, 0.3) is 10.2 Å². The van der Waals surface area contributed by atoms with Gasteiger partial charge in [-0.15, -0.1) is 0 Å². The second-order valence-corrected chi connectivity index (χ2v) is 6.62. The molecule has 0 spiro atoms. The molecule has 1 saturated heterocycles. The molecule has 0 aromatic carbocycles. The van der Waals surface area contributed by atoms with Gasteiger partial charge in [0.05, 0.1) is 6.42 Å². The Morgan fingerprint density at radius 3 is 2.32 bits per heavy atom. The molecule has 19 heavy (non-hydrogen) atoms. The number of nitrogens with one attached hydrogen (secondary N) is 1. The first-order chi connectivity index (χ1) is 8.64. The largest absolute Gasteiger partial charge is 0.390 e. The van der Waals surface area contributed by atoms with Gasteiger partial charge < -0.3 is 5.73 Å². The van der Waals surface area contributed by atoms with Gasteiger partial charge in [-0.25, -0.2) is 0 Å². The van der Waals surface area contributed by atoms with E-state index in [0.717, 1.165) is 0 Å². The highest BCUT2D eigenvalue weighted by atomic mass is 32.2. The summed E-state index contributed by atoms with van der Waals surface area (Å²) in [7, 11) is -3.84. The molecule has 1 aliphatic heterocycles. The second kappa shape index (κ2) is 6.38. The molecule has 9 heteroatoms. The van der Waals surface area contributed by atoms with Gasteiger partial charge in [-0.2, -0.15) is 30.6 Å². The average molecular weight is 303 g/mol. The predicted molar refractivity (Wildman–Crippen MR) is 65.5 cm³/mol. The third-order valence-electron chi connectivity index (χ3n) is 3.13. The fraction of sp³-hybridized carbons (Fsp3) is 1.00.